The Labute approximate surface area is 127 Å². The third kappa shape index (κ3) is 4.91. The SMILES string of the molecule is C[C@@H](CN)NC(=O)Cc1csc(Cc2ccc(F)cc2)n1. The Kier molecular flexibility index (Phi) is 5.41. The van der Waals surface area contributed by atoms with Crippen molar-refractivity contribution in [2.75, 3.05) is 6.54 Å². The first-order valence-corrected chi connectivity index (χ1v) is 7.62. The number of nitrogens with zero attached hydrogens (tertiary/aromatic N) is 1. The summed E-state index contributed by atoms with van der Waals surface area (Å²) in [6.07, 6.45) is 0.899. The van der Waals surface area contributed by atoms with Crippen LogP contribution in [0.2, 0.25) is 0 Å². The van der Waals surface area contributed by atoms with Gasteiger partial charge in [0.25, 0.3) is 0 Å². The molecular weight excluding hydrogens is 289 g/mol. The molecule has 112 valence electrons. The van der Waals surface area contributed by atoms with Gasteiger partial charge in [-0.05, 0) is 24.6 Å². The molecule has 0 saturated carbocycles. The molecule has 6 heteroatoms. The molecule has 0 radical (unpaired) electrons. The van der Waals surface area contributed by atoms with E-state index in [1.807, 2.05) is 12.3 Å². The van der Waals surface area contributed by atoms with Crippen molar-refractivity contribution in [2.45, 2.75) is 25.8 Å². The standard InChI is InChI=1S/C15H18FN3OS/c1-10(8-17)18-14(20)7-13-9-21-15(19-13)6-11-2-4-12(16)5-3-11/h2-5,9-10H,6-8,17H2,1H3,(H,18,20)/t10-/m0/s1. The molecule has 21 heavy (non-hydrogen) atoms. The van der Waals surface area contributed by atoms with Crippen LogP contribution in [0.5, 0.6) is 0 Å². The summed E-state index contributed by atoms with van der Waals surface area (Å²) in [6, 6.07) is 6.32. The van der Waals surface area contributed by atoms with E-state index in [2.05, 4.69) is 10.3 Å². The van der Waals surface area contributed by atoms with Crippen molar-refractivity contribution >= 4 is 17.2 Å². The van der Waals surface area contributed by atoms with Crippen LogP contribution >= 0.6 is 11.3 Å². The molecule has 3 N–H and O–H groups in total. The summed E-state index contributed by atoms with van der Waals surface area (Å²) in [5.41, 5.74) is 7.21. The number of amides is 1. The number of benzene rings is 1. The molecule has 1 aromatic heterocycles. The molecular formula is C15H18FN3OS. The molecule has 0 unspecified atom stereocenters. The maximum absolute atomic E-state index is 12.8. The lowest BCUT2D eigenvalue weighted by Gasteiger charge is -2.09. The molecule has 0 saturated heterocycles. The summed E-state index contributed by atoms with van der Waals surface area (Å²) in [5.74, 6) is -0.323. The van der Waals surface area contributed by atoms with E-state index in [9.17, 15) is 9.18 Å². The molecule has 1 aromatic carbocycles. The quantitative estimate of drug-likeness (QED) is 0.856. The summed E-state index contributed by atoms with van der Waals surface area (Å²) in [6.45, 7) is 2.28. The van der Waals surface area contributed by atoms with Crippen LogP contribution in [-0.4, -0.2) is 23.5 Å². The average molecular weight is 307 g/mol. The maximum atomic E-state index is 12.8. The zero-order valence-corrected chi connectivity index (χ0v) is 12.6. The first kappa shape index (κ1) is 15.6. The summed E-state index contributed by atoms with van der Waals surface area (Å²) < 4.78 is 12.8. The van der Waals surface area contributed by atoms with Gasteiger partial charge in [0.2, 0.25) is 5.91 Å². The fourth-order valence-corrected chi connectivity index (χ4v) is 2.67. The van der Waals surface area contributed by atoms with E-state index >= 15 is 0 Å². The third-order valence-electron chi connectivity index (χ3n) is 2.97. The summed E-state index contributed by atoms with van der Waals surface area (Å²) in [4.78, 5) is 16.2. The molecule has 0 fully saturated rings. The van der Waals surface area contributed by atoms with Gasteiger partial charge < -0.3 is 11.1 Å². The Morgan fingerprint density at radius 3 is 2.81 bits per heavy atom. The molecule has 1 heterocycles. The average Bonchev–Trinajstić information content (AvgIpc) is 2.88. The van der Waals surface area contributed by atoms with E-state index in [-0.39, 0.29) is 24.2 Å². The highest BCUT2D eigenvalue weighted by molar-refractivity contribution is 7.09. The second-order valence-corrected chi connectivity index (χ2v) is 5.86. The number of aromatic nitrogens is 1. The molecule has 0 aliphatic rings. The minimum atomic E-state index is -0.246. The first-order chi connectivity index (χ1) is 10.1. The Morgan fingerprint density at radius 2 is 2.14 bits per heavy atom. The number of carbonyl (C=O) groups excluding carboxylic acids is 1. The number of hydrogen-bond donors (Lipinski definition) is 2. The Hall–Kier alpha value is -1.79. The number of halogens is 1. The highest BCUT2D eigenvalue weighted by Crippen LogP contribution is 2.15. The van der Waals surface area contributed by atoms with Crippen molar-refractivity contribution in [1.82, 2.24) is 10.3 Å². The number of nitrogens with one attached hydrogen (secondary N) is 1. The van der Waals surface area contributed by atoms with Crippen molar-refractivity contribution in [3.63, 3.8) is 0 Å². The summed E-state index contributed by atoms with van der Waals surface area (Å²) in [5, 5.41) is 5.60. The van der Waals surface area contributed by atoms with Crippen molar-refractivity contribution in [3.8, 4) is 0 Å². The number of nitrogens with two attached hydrogens (primary N) is 1. The van der Waals surface area contributed by atoms with E-state index in [0.717, 1.165) is 16.3 Å². The molecule has 0 spiro atoms. The zero-order valence-electron chi connectivity index (χ0n) is 11.8. The van der Waals surface area contributed by atoms with E-state index in [1.165, 1.54) is 23.5 Å². The molecule has 0 aliphatic heterocycles. The van der Waals surface area contributed by atoms with E-state index in [1.54, 1.807) is 12.1 Å². The predicted molar refractivity (Wildman–Crippen MR) is 81.7 cm³/mol. The second-order valence-electron chi connectivity index (χ2n) is 4.92. The predicted octanol–water partition coefficient (Wildman–Crippen LogP) is 1.88. The van der Waals surface area contributed by atoms with Crippen LogP contribution in [0.1, 0.15) is 23.2 Å². The topological polar surface area (TPSA) is 68.0 Å². The van der Waals surface area contributed by atoms with Crippen LogP contribution in [0, 0.1) is 5.82 Å². The summed E-state index contributed by atoms with van der Waals surface area (Å²) in [7, 11) is 0. The molecule has 2 aromatic rings. The highest BCUT2D eigenvalue weighted by atomic mass is 32.1. The van der Waals surface area contributed by atoms with Gasteiger partial charge in [0, 0.05) is 24.4 Å². The second kappa shape index (κ2) is 7.28. The normalized spacial score (nSPS) is 12.1. The Bertz CT molecular complexity index is 597. The van der Waals surface area contributed by atoms with Crippen molar-refractivity contribution in [2.24, 2.45) is 5.73 Å². The minimum absolute atomic E-state index is 0.0326. The van der Waals surface area contributed by atoms with Gasteiger partial charge in [0.1, 0.15) is 5.82 Å². The van der Waals surface area contributed by atoms with Gasteiger partial charge in [-0.2, -0.15) is 0 Å². The van der Waals surface area contributed by atoms with Gasteiger partial charge in [-0.3, -0.25) is 4.79 Å². The lowest BCUT2D eigenvalue weighted by Crippen LogP contribution is -2.38. The number of carbonyl (C=O) groups is 1. The lowest BCUT2D eigenvalue weighted by molar-refractivity contribution is -0.121. The van der Waals surface area contributed by atoms with Crippen molar-refractivity contribution in [3.05, 3.63) is 51.7 Å². The van der Waals surface area contributed by atoms with Crippen LogP contribution in [0.4, 0.5) is 4.39 Å². The van der Waals surface area contributed by atoms with Crippen LogP contribution in [0.3, 0.4) is 0 Å². The molecule has 1 amide bonds. The van der Waals surface area contributed by atoms with E-state index in [4.69, 9.17) is 5.73 Å². The van der Waals surface area contributed by atoms with Crippen LogP contribution in [-0.2, 0) is 17.6 Å². The van der Waals surface area contributed by atoms with Crippen LogP contribution < -0.4 is 11.1 Å². The number of thiazole rings is 1. The largest absolute Gasteiger partial charge is 0.352 e. The Morgan fingerprint density at radius 1 is 1.43 bits per heavy atom. The van der Waals surface area contributed by atoms with Gasteiger partial charge in [0.15, 0.2) is 0 Å². The monoisotopic (exact) mass is 307 g/mol. The lowest BCUT2D eigenvalue weighted by atomic mass is 10.1. The van der Waals surface area contributed by atoms with Crippen molar-refractivity contribution in [1.29, 1.82) is 0 Å². The fourth-order valence-electron chi connectivity index (χ4n) is 1.84. The van der Waals surface area contributed by atoms with Crippen LogP contribution in [0.15, 0.2) is 29.6 Å². The van der Waals surface area contributed by atoms with Gasteiger partial charge in [-0.1, -0.05) is 12.1 Å². The van der Waals surface area contributed by atoms with Gasteiger partial charge in [-0.15, -0.1) is 11.3 Å². The first-order valence-electron chi connectivity index (χ1n) is 6.74. The zero-order chi connectivity index (χ0) is 15.2. The fraction of sp³-hybridized carbons (Fsp3) is 0.333. The van der Waals surface area contributed by atoms with E-state index in [0.29, 0.717) is 13.0 Å². The van der Waals surface area contributed by atoms with Gasteiger partial charge in [0.05, 0.1) is 17.1 Å². The number of rotatable bonds is 6. The van der Waals surface area contributed by atoms with E-state index < -0.39 is 0 Å². The maximum Gasteiger partial charge on any atom is 0.226 e. The molecule has 2 rings (SSSR count). The smallest absolute Gasteiger partial charge is 0.226 e. The molecule has 1 atom stereocenters. The Balaban J connectivity index is 1.92. The minimum Gasteiger partial charge on any atom is -0.352 e. The summed E-state index contributed by atoms with van der Waals surface area (Å²) >= 11 is 1.51. The molecule has 0 aliphatic carbocycles. The third-order valence-corrected chi connectivity index (χ3v) is 3.87. The van der Waals surface area contributed by atoms with Gasteiger partial charge in [-0.25, -0.2) is 9.37 Å². The number of hydrogen-bond acceptors (Lipinski definition) is 4. The van der Waals surface area contributed by atoms with Crippen LogP contribution in [0.25, 0.3) is 0 Å². The molecule has 0 bridgehead atoms. The molecule has 4 nitrogen and oxygen atoms in total. The van der Waals surface area contributed by atoms with Crippen molar-refractivity contribution < 1.29 is 9.18 Å². The van der Waals surface area contributed by atoms with Gasteiger partial charge >= 0.3 is 0 Å². The highest BCUT2D eigenvalue weighted by Gasteiger charge is 2.10.